The smallest absolute Gasteiger partial charge is 0.343 e. The molecule has 222 valence electrons. The van der Waals surface area contributed by atoms with E-state index >= 15 is 0 Å². The van der Waals surface area contributed by atoms with Gasteiger partial charge in [0.05, 0.1) is 23.3 Å². The van der Waals surface area contributed by atoms with Gasteiger partial charge in [-0.2, -0.15) is 18.3 Å². The van der Waals surface area contributed by atoms with Crippen LogP contribution in [0.2, 0.25) is 5.02 Å². The first-order valence-electron chi connectivity index (χ1n) is 13.8. The molecule has 5 rings (SSSR count). The van der Waals surface area contributed by atoms with E-state index in [2.05, 4.69) is 15.2 Å². The molecule has 0 saturated carbocycles. The van der Waals surface area contributed by atoms with Crippen LogP contribution in [0.5, 0.6) is 0 Å². The van der Waals surface area contributed by atoms with E-state index in [1.54, 1.807) is 11.0 Å². The van der Waals surface area contributed by atoms with E-state index in [-0.39, 0.29) is 36.8 Å². The summed E-state index contributed by atoms with van der Waals surface area (Å²) in [5.41, 5.74) is 3.05. The molecule has 42 heavy (non-hydrogen) atoms. The fourth-order valence-corrected chi connectivity index (χ4v) is 6.17. The van der Waals surface area contributed by atoms with Crippen LogP contribution in [0.4, 0.5) is 13.2 Å². The van der Waals surface area contributed by atoms with E-state index in [0.29, 0.717) is 58.5 Å². The summed E-state index contributed by atoms with van der Waals surface area (Å²) in [6.07, 6.45) is -0.784. The minimum Gasteiger partial charge on any atom is -0.343 e. The third-order valence-corrected chi connectivity index (χ3v) is 8.25. The van der Waals surface area contributed by atoms with Crippen molar-refractivity contribution >= 4 is 45.6 Å². The molecule has 2 aromatic heterocycles. The number of likely N-dealkylation sites (tertiary alicyclic amines) is 1. The van der Waals surface area contributed by atoms with Gasteiger partial charge in [0.15, 0.2) is 0 Å². The second-order valence-electron chi connectivity index (χ2n) is 11.0. The fraction of sp³-hybridized carbons (Fsp3) is 0.400. The number of halogens is 4. The summed E-state index contributed by atoms with van der Waals surface area (Å²) in [7, 11) is 1.37. The number of fused-ring (bicyclic) bond motifs is 2. The van der Waals surface area contributed by atoms with Crippen molar-refractivity contribution in [1.29, 1.82) is 0 Å². The van der Waals surface area contributed by atoms with Crippen molar-refractivity contribution in [2.45, 2.75) is 44.3 Å². The van der Waals surface area contributed by atoms with E-state index in [1.807, 2.05) is 30.3 Å². The summed E-state index contributed by atoms with van der Waals surface area (Å²) >= 11 is 6.43. The van der Waals surface area contributed by atoms with Crippen LogP contribution in [0, 0.1) is 5.92 Å². The first-order chi connectivity index (χ1) is 20.0. The van der Waals surface area contributed by atoms with Crippen molar-refractivity contribution in [3.63, 3.8) is 0 Å². The number of pyridine rings is 1. The Labute approximate surface area is 244 Å². The highest BCUT2D eigenvalue weighted by Gasteiger charge is 2.31. The van der Waals surface area contributed by atoms with Crippen LogP contribution in [0.15, 0.2) is 47.4 Å². The number of nitrogens with one attached hydrogen (secondary N) is 2. The Balaban J connectivity index is 1.26. The second-order valence-corrected chi connectivity index (χ2v) is 11.4. The summed E-state index contributed by atoms with van der Waals surface area (Å²) < 4.78 is 39.1. The van der Waals surface area contributed by atoms with Crippen LogP contribution in [0.3, 0.4) is 0 Å². The molecular weight excluding hydrogens is 571 g/mol. The van der Waals surface area contributed by atoms with Crippen molar-refractivity contribution in [3.05, 3.63) is 74.7 Å². The molecule has 0 unspecified atom stereocenters. The standard InChI is InChI=1S/C30H31ClF3N5O3/c1-38(17-30(32,33)34)15-24-21(13-25(31)28-23(24)14-35-37-28)10-18(16-40)11-27(41)39-8-6-19(7-9-39)22-12-20-4-2-3-5-26(20)36-29(22)42/h2-5,12-14,16,18-19H,6-11,15,17H2,1H3,(H,35,37)(H,36,42)/t18-/m0/s1. The lowest BCUT2D eigenvalue weighted by Crippen LogP contribution is -2.39. The number of nitrogens with zero attached hydrogens (tertiary/aromatic N) is 3. The zero-order valence-electron chi connectivity index (χ0n) is 23.0. The maximum absolute atomic E-state index is 13.2. The zero-order chi connectivity index (χ0) is 30.0. The summed E-state index contributed by atoms with van der Waals surface area (Å²) in [6, 6.07) is 11.1. The van der Waals surface area contributed by atoms with Crippen molar-refractivity contribution in [3.8, 4) is 0 Å². The van der Waals surface area contributed by atoms with Gasteiger partial charge < -0.3 is 14.7 Å². The van der Waals surface area contributed by atoms with Crippen molar-refractivity contribution < 1.29 is 22.8 Å². The number of aldehydes is 1. The zero-order valence-corrected chi connectivity index (χ0v) is 23.8. The number of hydrogen-bond donors (Lipinski definition) is 2. The van der Waals surface area contributed by atoms with Gasteiger partial charge in [-0.25, -0.2) is 0 Å². The monoisotopic (exact) mass is 601 g/mol. The maximum atomic E-state index is 13.2. The van der Waals surface area contributed by atoms with Gasteiger partial charge in [0, 0.05) is 48.4 Å². The lowest BCUT2D eigenvalue weighted by molar-refractivity contribution is -0.144. The van der Waals surface area contributed by atoms with E-state index in [4.69, 9.17) is 11.6 Å². The first kappa shape index (κ1) is 29.8. The minimum absolute atomic E-state index is 0.0179. The van der Waals surface area contributed by atoms with Gasteiger partial charge in [-0.1, -0.05) is 29.8 Å². The summed E-state index contributed by atoms with van der Waals surface area (Å²) in [5, 5.41) is 8.64. The Bertz CT molecular complexity index is 1660. The molecule has 12 heteroatoms. The highest BCUT2D eigenvalue weighted by molar-refractivity contribution is 6.35. The van der Waals surface area contributed by atoms with Crippen LogP contribution in [0.25, 0.3) is 21.8 Å². The lowest BCUT2D eigenvalue weighted by Gasteiger charge is -2.32. The van der Waals surface area contributed by atoms with Crippen molar-refractivity contribution in [2.24, 2.45) is 5.92 Å². The van der Waals surface area contributed by atoms with Crippen LogP contribution in [-0.4, -0.2) is 70.0 Å². The number of alkyl halides is 3. The number of piperidine rings is 1. The lowest BCUT2D eigenvalue weighted by atomic mass is 9.88. The number of carbonyl (C=O) groups is 2. The predicted molar refractivity (Wildman–Crippen MR) is 154 cm³/mol. The number of aromatic nitrogens is 3. The molecule has 1 saturated heterocycles. The average molecular weight is 602 g/mol. The van der Waals surface area contributed by atoms with Gasteiger partial charge in [-0.3, -0.25) is 19.6 Å². The quantitative estimate of drug-likeness (QED) is 0.257. The van der Waals surface area contributed by atoms with Crippen LogP contribution in [0.1, 0.15) is 41.9 Å². The number of benzene rings is 2. The third-order valence-electron chi connectivity index (χ3n) is 7.95. The molecule has 0 bridgehead atoms. The number of para-hydroxylation sites is 1. The largest absolute Gasteiger partial charge is 0.401 e. The summed E-state index contributed by atoms with van der Waals surface area (Å²) in [6.45, 7) is -0.225. The Morgan fingerprint density at radius 2 is 1.98 bits per heavy atom. The van der Waals surface area contributed by atoms with Crippen molar-refractivity contribution in [2.75, 3.05) is 26.7 Å². The number of carbonyl (C=O) groups excluding carboxylic acids is 2. The second kappa shape index (κ2) is 12.3. The molecule has 1 aliphatic rings. The molecule has 4 aromatic rings. The van der Waals surface area contributed by atoms with E-state index < -0.39 is 18.6 Å². The van der Waals surface area contributed by atoms with Gasteiger partial charge in [-0.15, -0.1) is 0 Å². The topological polar surface area (TPSA) is 102 Å². The molecule has 8 nitrogen and oxygen atoms in total. The molecule has 1 amide bonds. The molecule has 1 fully saturated rings. The maximum Gasteiger partial charge on any atom is 0.401 e. The van der Waals surface area contributed by atoms with E-state index in [0.717, 1.165) is 22.1 Å². The number of hydrogen-bond acceptors (Lipinski definition) is 5. The molecular formula is C30H31ClF3N5O3. The van der Waals surface area contributed by atoms with Crippen molar-refractivity contribution in [1.82, 2.24) is 25.0 Å². The van der Waals surface area contributed by atoms with Gasteiger partial charge in [-0.05, 0) is 66.9 Å². The van der Waals surface area contributed by atoms with Crippen LogP contribution >= 0.6 is 11.6 Å². The van der Waals surface area contributed by atoms with Gasteiger partial charge >= 0.3 is 6.18 Å². The normalized spacial score (nSPS) is 15.5. The summed E-state index contributed by atoms with van der Waals surface area (Å²) in [5.74, 6) is -0.848. The van der Waals surface area contributed by atoms with Crippen LogP contribution < -0.4 is 5.56 Å². The fourth-order valence-electron chi connectivity index (χ4n) is 5.89. The molecule has 0 spiro atoms. The molecule has 3 heterocycles. The molecule has 0 aliphatic carbocycles. The minimum atomic E-state index is -4.37. The summed E-state index contributed by atoms with van der Waals surface area (Å²) in [4.78, 5) is 43.8. The third kappa shape index (κ3) is 6.68. The van der Waals surface area contributed by atoms with Gasteiger partial charge in [0.25, 0.3) is 5.56 Å². The predicted octanol–water partition coefficient (Wildman–Crippen LogP) is 5.21. The van der Waals surface area contributed by atoms with E-state index in [1.165, 1.54) is 13.2 Å². The van der Waals surface area contributed by atoms with Gasteiger partial charge in [0.1, 0.15) is 6.29 Å². The molecule has 2 aromatic carbocycles. The number of aromatic amines is 2. The highest BCUT2D eigenvalue weighted by Crippen LogP contribution is 2.32. The molecule has 0 radical (unpaired) electrons. The first-order valence-corrected chi connectivity index (χ1v) is 14.1. The Kier molecular flexibility index (Phi) is 8.70. The Morgan fingerprint density at radius 1 is 1.24 bits per heavy atom. The van der Waals surface area contributed by atoms with E-state index in [9.17, 15) is 27.6 Å². The van der Waals surface area contributed by atoms with Gasteiger partial charge in [0.2, 0.25) is 5.91 Å². The Morgan fingerprint density at radius 3 is 2.69 bits per heavy atom. The average Bonchev–Trinajstić information content (AvgIpc) is 3.44. The highest BCUT2D eigenvalue weighted by atomic mass is 35.5. The SMILES string of the molecule is CN(Cc1c(C[C@H](C=O)CC(=O)N2CCC(c3cc4ccccc4[nH]c3=O)CC2)cc(Cl)c2[nH]ncc12)CC(F)(F)F. The number of amides is 1. The molecule has 1 aliphatic heterocycles. The Hall–Kier alpha value is -3.70. The number of rotatable bonds is 9. The molecule has 1 atom stereocenters. The van der Waals surface area contributed by atoms with Crippen LogP contribution in [-0.2, 0) is 22.6 Å². The number of H-pyrrole nitrogens is 2. The molecule has 2 N–H and O–H groups in total.